The van der Waals surface area contributed by atoms with Gasteiger partial charge >= 0.3 is 183 Å². The van der Waals surface area contributed by atoms with Crippen molar-refractivity contribution in [3.63, 3.8) is 0 Å². The summed E-state index contributed by atoms with van der Waals surface area (Å²) in [6.07, 6.45) is 0.241. The molecule has 1 N–H and O–H groups in total. The van der Waals surface area contributed by atoms with E-state index in [0.29, 0.717) is 11.5 Å². The van der Waals surface area contributed by atoms with E-state index < -0.39 is 36.5 Å². The number of carbonyl (C=O) groups excluding carboxylic acids is 1. The molecule has 0 aliphatic carbocycles. The molecule has 0 spiro atoms. The molecule has 0 bridgehead atoms. The van der Waals surface area contributed by atoms with Crippen molar-refractivity contribution in [3.8, 4) is 11.5 Å². The molecule has 8 heteroatoms. The first-order valence-electron chi connectivity index (χ1n) is 9.15. The van der Waals surface area contributed by atoms with Gasteiger partial charge < -0.3 is 0 Å². The van der Waals surface area contributed by atoms with Gasteiger partial charge in [0.1, 0.15) is 0 Å². The van der Waals surface area contributed by atoms with Crippen molar-refractivity contribution >= 4 is 44.0 Å². The van der Waals surface area contributed by atoms with Crippen molar-refractivity contribution < 1.29 is 27.2 Å². The van der Waals surface area contributed by atoms with E-state index in [1.165, 1.54) is 7.22 Å². The predicted octanol–water partition coefficient (Wildman–Crippen LogP) is 1.99. The second-order valence-electron chi connectivity index (χ2n) is 7.49. The third-order valence-corrected chi connectivity index (χ3v) is 7.61. The van der Waals surface area contributed by atoms with Crippen molar-refractivity contribution in [1.82, 2.24) is 0 Å². The van der Waals surface area contributed by atoms with Gasteiger partial charge in [0, 0.05) is 0 Å². The minimum atomic E-state index is -3.94. The Balaban J connectivity index is 1.81. The van der Waals surface area contributed by atoms with Crippen molar-refractivity contribution in [1.29, 1.82) is 0 Å². The number of Topliss-reactive ketones (excluding diaryl/α,β-unsaturated/α-hetero) is 1. The van der Waals surface area contributed by atoms with Gasteiger partial charge in [0.2, 0.25) is 0 Å². The Morgan fingerprint density at radius 2 is 1.41 bits per heavy atom. The molecule has 0 fully saturated rings. The Morgan fingerprint density at radius 1 is 0.931 bits per heavy atom. The fourth-order valence-electron chi connectivity index (χ4n) is 2.14. The Hall–Kier alpha value is -1.59. The Kier molecular flexibility index (Phi) is 8.53. The molecule has 0 atom stereocenters. The zero-order valence-electron chi connectivity index (χ0n) is 16.8. The van der Waals surface area contributed by atoms with E-state index in [4.69, 9.17) is 14.0 Å². The summed E-state index contributed by atoms with van der Waals surface area (Å²) in [5.41, 5.74) is -0.404. The van der Waals surface area contributed by atoms with E-state index in [-0.39, 0.29) is 31.2 Å². The Labute approximate surface area is 182 Å². The van der Waals surface area contributed by atoms with Crippen LogP contribution in [0.4, 0.5) is 0 Å². The zero-order valence-corrected chi connectivity index (χ0v) is 19.9. The zero-order chi connectivity index (χ0) is 21.5. The predicted molar refractivity (Wildman–Crippen MR) is 114 cm³/mol. The summed E-state index contributed by atoms with van der Waals surface area (Å²) in [6.45, 7) is 5.94. The standard InChI is InChI=1S/C21H26O6STe/c1-21(2,3)20(22)15-27-17-7-11-19(12-8-17)29-18-9-5-16(6-10-18)26-13-4-14-28(23,24)25/h5-12H,4,13-15H2,1-3H3,(H,23,24,25). The molecule has 0 aromatic heterocycles. The molecule has 0 aliphatic heterocycles. The molecule has 29 heavy (non-hydrogen) atoms. The molecule has 0 radical (unpaired) electrons. The summed E-state index contributed by atoms with van der Waals surface area (Å²) in [7, 11) is -3.94. The van der Waals surface area contributed by atoms with E-state index >= 15 is 0 Å². The van der Waals surface area contributed by atoms with E-state index in [1.807, 2.05) is 69.3 Å². The second kappa shape index (κ2) is 10.4. The SMILES string of the molecule is CC(C)(C)C(=O)COc1ccc([Te]c2ccc(OCCCS(=O)(=O)O)cc2)cc1. The van der Waals surface area contributed by atoms with Gasteiger partial charge in [0.25, 0.3) is 0 Å². The molecule has 0 saturated carbocycles. The van der Waals surface area contributed by atoms with Crippen LogP contribution in [-0.2, 0) is 14.9 Å². The van der Waals surface area contributed by atoms with Crippen molar-refractivity contribution in [2.24, 2.45) is 5.41 Å². The molecule has 2 aromatic carbocycles. The van der Waals surface area contributed by atoms with Gasteiger partial charge in [-0.2, -0.15) is 0 Å². The third-order valence-electron chi connectivity index (χ3n) is 3.90. The first-order chi connectivity index (χ1) is 13.5. The third kappa shape index (κ3) is 9.18. The molecule has 2 rings (SSSR count). The molecule has 0 aliphatic rings. The molecule has 6 nitrogen and oxygen atoms in total. The minimum absolute atomic E-state index is 0.0654. The Bertz CT molecular complexity index is 900. The second-order valence-corrected chi connectivity index (χ2v) is 12.3. The molecule has 0 heterocycles. The van der Waals surface area contributed by atoms with Crippen LogP contribution in [0.2, 0.25) is 0 Å². The van der Waals surface area contributed by atoms with Crippen molar-refractivity contribution in [2.75, 3.05) is 19.0 Å². The van der Waals surface area contributed by atoms with Crippen LogP contribution in [0.3, 0.4) is 0 Å². The number of carbonyl (C=O) groups is 1. The van der Waals surface area contributed by atoms with Crippen LogP contribution in [0, 0.1) is 5.41 Å². The molecule has 0 unspecified atom stereocenters. The number of rotatable bonds is 10. The van der Waals surface area contributed by atoms with Crippen LogP contribution in [-0.4, -0.2) is 58.6 Å². The van der Waals surface area contributed by atoms with Gasteiger partial charge in [0.05, 0.1) is 0 Å². The summed E-state index contributed by atoms with van der Waals surface area (Å²) in [6, 6.07) is 15.6. The summed E-state index contributed by atoms with van der Waals surface area (Å²) in [5.74, 6) is 1.12. The molecule has 0 saturated heterocycles. The summed E-state index contributed by atoms with van der Waals surface area (Å²) in [4.78, 5) is 11.9. The average Bonchev–Trinajstić information content (AvgIpc) is 2.64. The average molecular weight is 534 g/mol. The maximum absolute atomic E-state index is 11.9. The van der Waals surface area contributed by atoms with Crippen LogP contribution in [0.25, 0.3) is 0 Å². The number of benzene rings is 2. The van der Waals surface area contributed by atoms with Crippen LogP contribution in [0.15, 0.2) is 48.5 Å². The fourth-order valence-corrected chi connectivity index (χ4v) is 4.95. The maximum atomic E-state index is 11.9. The van der Waals surface area contributed by atoms with Gasteiger partial charge in [0.15, 0.2) is 0 Å². The van der Waals surface area contributed by atoms with Gasteiger partial charge in [-0.05, 0) is 0 Å². The first kappa shape index (κ1) is 23.7. The molecular weight excluding hydrogens is 508 g/mol. The number of hydrogen-bond acceptors (Lipinski definition) is 5. The Morgan fingerprint density at radius 3 is 1.86 bits per heavy atom. The number of ether oxygens (including phenoxy) is 2. The van der Waals surface area contributed by atoms with E-state index in [1.54, 1.807) is 0 Å². The van der Waals surface area contributed by atoms with Crippen LogP contribution >= 0.6 is 0 Å². The molecule has 2 aromatic rings. The number of hydrogen-bond donors (Lipinski definition) is 1. The van der Waals surface area contributed by atoms with Crippen LogP contribution in [0.1, 0.15) is 27.2 Å². The summed E-state index contributed by atoms with van der Waals surface area (Å²) >= 11 is -0.562. The quantitative estimate of drug-likeness (QED) is 0.285. The topological polar surface area (TPSA) is 89.9 Å². The van der Waals surface area contributed by atoms with Gasteiger partial charge in [-0.3, -0.25) is 0 Å². The van der Waals surface area contributed by atoms with E-state index in [2.05, 4.69) is 0 Å². The molecular formula is C21H26O6STe. The van der Waals surface area contributed by atoms with Crippen molar-refractivity contribution in [2.45, 2.75) is 27.2 Å². The van der Waals surface area contributed by atoms with Crippen molar-refractivity contribution in [3.05, 3.63) is 48.5 Å². The molecule has 158 valence electrons. The molecule has 0 amide bonds. The fraction of sp³-hybridized carbons (Fsp3) is 0.381. The number of ketones is 1. The first-order valence-corrected chi connectivity index (χ1v) is 13.1. The summed E-state index contributed by atoms with van der Waals surface area (Å²) < 4.78 is 43.6. The van der Waals surface area contributed by atoms with Crippen LogP contribution < -0.4 is 16.7 Å². The van der Waals surface area contributed by atoms with E-state index in [9.17, 15) is 13.2 Å². The normalized spacial score (nSPS) is 11.9. The summed E-state index contributed by atoms with van der Waals surface area (Å²) in [5, 5.41) is 0. The van der Waals surface area contributed by atoms with Gasteiger partial charge in [-0.15, -0.1) is 0 Å². The van der Waals surface area contributed by atoms with E-state index in [0.717, 1.165) is 0 Å². The van der Waals surface area contributed by atoms with Gasteiger partial charge in [-0.25, -0.2) is 0 Å². The van der Waals surface area contributed by atoms with Crippen LogP contribution in [0.5, 0.6) is 11.5 Å². The monoisotopic (exact) mass is 536 g/mol. The van der Waals surface area contributed by atoms with Gasteiger partial charge in [-0.1, -0.05) is 0 Å².